The van der Waals surface area contributed by atoms with E-state index in [9.17, 15) is 0 Å². The van der Waals surface area contributed by atoms with Crippen molar-refractivity contribution in [1.29, 1.82) is 0 Å². The molecule has 0 amide bonds. The van der Waals surface area contributed by atoms with Gasteiger partial charge in [0.15, 0.2) is 0 Å². The lowest BCUT2D eigenvalue weighted by Crippen LogP contribution is -2.05. The Morgan fingerprint density at radius 1 is 0.810 bits per heavy atom. The highest BCUT2D eigenvalue weighted by Crippen LogP contribution is 2.34. The molecule has 1 nitrogen and oxygen atoms in total. The van der Waals surface area contributed by atoms with Crippen LogP contribution in [0.25, 0.3) is 44.6 Å². The Balaban J connectivity index is 2.40. The van der Waals surface area contributed by atoms with E-state index >= 15 is 0 Å². The van der Waals surface area contributed by atoms with Crippen molar-refractivity contribution >= 4 is 44.6 Å². The highest BCUT2D eigenvalue weighted by atomic mass is 14.6. The predicted octanol–water partition coefficient (Wildman–Crippen LogP) is 4.20. The molecule has 4 rings (SSSR count). The molecule has 21 heavy (non-hydrogen) atoms. The maximum absolute atomic E-state index is 5.97. The molecule has 0 aliphatic carbocycles. The summed E-state index contributed by atoms with van der Waals surface area (Å²) in [6.45, 7) is 8.08. The molecule has 0 aliphatic heterocycles. The van der Waals surface area contributed by atoms with E-state index in [-0.39, 0.29) is 0 Å². The van der Waals surface area contributed by atoms with Crippen LogP contribution in [0.4, 0.5) is 0 Å². The van der Waals surface area contributed by atoms with Gasteiger partial charge in [-0.1, -0.05) is 61.7 Å². The second-order valence-corrected chi connectivity index (χ2v) is 5.48. The number of hydrogen-bond acceptors (Lipinski definition) is 1. The Labute approximate surface area is 123 Å². The third kappa shape index (κ3) is 1.58. The van der Waals surface area contributed by atoms with Gasteiger partial charge in [0.2, 0.25) is 0 Å². The van der Waals surface area contributed by atoms with Crippen LogP contribution in [0.5, 0.6) is 0 Å². The highest BCUT2D eigenvalue weighted by Gasteiger charge is 2.11. The van der Waals surface area contributed by atoms with Gasteiger partial charge in [-0.05, 0) is 43.6 Å². The van der Waals surface area contributed by atoms with E-state index in [4.69, 9.17) is 5.73 Å². The van der Waals surface area contributed by atoms with Crippen molar-refractivity contribution < 1.29 is 0 Å². The molecule has 0 spiro atoms. The van der Waals surface area contributed by atoms with Crippen molar-refractivity contribution in [2.75, 3.05) is 0 Å². The molecule has 1 heteroatoms. The smallest absolute Gasteiger partial charge is 0.0321 e. The summed E-state index contributed by atoms with van der Waals surface area (Å²) in [5.74, 6) is 0. The second-order valence-electron chi connectivity index (χ2n) is 5.48. The summed E-state index contributed by atoms with van der Waals surface area (Å²) < 4.78 is 0. The summed E-state index contributed by atoms with van der Waals surface area (Å²) in [6, 6.07) is 19.1. The van der Waals surface area contributed by atoms with Gasteiger partial charge in [0.25, 0.3) is 0 Å². The Morgan fingerprint density at radius 2 is 1.62 bits per heavy atom. The number of hydrogen-bond donors (Lipinski definition) is 1. The van der Waals surface area contributed by atoms with Crippen molar-refractivity contribution in [3.63, 3.8) is 0 Å². The lowest BCUT2D eigenvalue weighted by atomic mass is 9.91. The third-order valence-corrected chi connectivity index (χ3v) is 4.19. The van der Waals surface area contributed by atoms with Crippen LogP contribution in [0.1, 0.15) is 5.56 Å². The minimum Gasteiger partial charge on any atom is -0.399 e. The fourth-order valence-corrected chi connectivity index (χ4v) is 3.24. The zero-order valence-corrected chi connectivity index (χ0v) is 11.7. The first kappa shape index (κ1) is 12.0. The first-order chi connectivity index (χ1) is 10.2. The molecule has 0 atom stereocenters. The monoisotopic (exact) mass is 269 g/mol. The minimum atomic E-state index is 0.586. The molecular weight excluding hydrogens is 254 g/mol. The van der Waals surface area contributed by atoms with Crippen LogP contribution in [0.3, 0.4) is 0 Å². The molecule has 100 valence electrons. The summed E-state index contributed by atoms with van der Waals surface area (Å²) in [4.78, 5) is 0. The molecule has 2 N–H and O–H groups in total. The van der Waals surface area contributed by atoms with Gasteiger partial charge in [-0.2, -0.15) is 0 Å². The van der Waals surface area contributed by atoms with E-state index in [0.29, 0.717) is 5.70 Å². The summed E-state index contributed by atoms with van der Waals surface area (Å²) in [5.41, 5.74) is 7.54. The van der Waals surface area contributed by atoms with Gasteiger partial charge in [-0.3, -0.25) is 0 Å². The Morgan fingerprint density at radius 3 is 2.43 bits per heavy atom. The van der Waals surface area contributed by atoms with Gasteiger partial charge >= 0.3 is 0 Å². The van der Waals surface area contributed by atoms with E-state index in [0.717, 1.165) is 16.2 Å². The average molecular weight is 269 g/mol. The summed E-state index contributed by atoms with van der Waals surface area (Å²) in [5, 5.41) is 8.30. The van der Waals surface area contributed by atoms with Crippen LogP contribution in [0.2, 0.25) is 0 Å². The van der Waals surface area contributed by atoms with E-state index in [1.807, 2.05) is 0 Å². The van der Waals surface area contributed by atoms with Crippen molar-refractivity contribution in [3.05, 3.63) is 72.0 Å². The third-order valence-electron chi connectivity index (χ3n) is 4.19. The van der Waals surface area contributed by atoms with Gasteiger partial charge in [0, 0.05) is 11.3 Å². The lowest BCUT2D eigenvalue weighted by molar-refractivity contribution is 1.57. The molecule has 0 saturated carbocycles. The second kappa shape index (κ2) is 4.10. The molecule has 0 heterocycles. The largest absolute Gasteiger partial charge is 0.399 e. The average Bonchev–Trinajstić information content (AvgIpc) is 2.50. The van der Waals surface area contributed by atoms with Crippen LogP contribution in [0.15, 0.2) is 61.2 Å². The van der Waals surface area contributed by atoms with Crippen LogP contribution in [-0.4, -0.2) is 0 Å². The van der Waals surface area contributed by atoms with Crippen LogP contribution in [0, 0.1) is 0 Å². The molecule has 0 bridgehead atoms. The first-order valence-corrected chi connectivity index (χ1v) is 6.97. The van der Waals surface area contributed by atoms with Crippen LogP contribution >= 0.6 is 0 Å². The molecular formula is C20H15N. The molecule has 0 unspecified atom stereocenters. The SMILES string of the molecule is C=C(N)c1ccc2c3ccccc3cc3ccc(=C)c1c32. The first-order valence-electron chi connectivity index (χ1n) is 6.97. The summed E-state index contributed by atoms with van der Waals surface area (Å²) >= 11 is 0. The van der Waals surface area contributed by atoms with Gasteiger partial charge < -0.3 is 5.73 Å². The van der Waals surface area contributed by atoms with Crippen molar-refractivity contribution in [2.24, 2.45) is 5.73 Å². The maximum atomic E-state index is 5.97. The normalized spacial score (nSPS) is 11.4. The topological polar surface area (TPSA) is 26.0 Å². The quantitative estimate of drug-likeness (QED) is 0.406. The molecule has 0 aliphatic rings. The van der Waals surface area contributed by atoms with Gasteiger partial charge in [-0.15, -0.1) is 0 Å². The summed E-state index contributed by atoms with van der Waals surface area (Å²) in [7, 11) is 0. The van der Waals surface area contributed by atoms with Crippen LogP contribution in [-0.2, 0) is 0 Å². The fourth-order valence-electron chi connectivity index (χ4n) is 3.24. The number of fused-ring (bicyclic) bond motifs is 2. The number of nitrogens with two attached hydrogens (primary N) is 1. The molecule has 0 fully saturated rings. The molecule has 4 aromatic carbocycles. The maximum Gasteiger partial charge on any atom is 0.0321 e. The summed E-state index contributed by atoms with van der Waals surface area (Å²) in [6.07, 6.45) is 0. The standard InChI is InChI=1S/C20H15N/c1-12-7-8-15-11-14-5-3-4-6-17(14)18-10-9-16(13(2)21)19(12)20(15)18/h3-11H,1-2,21H2. The Kier molecular flexibility index (Phi) is 2.34. The lowest BCUT2D eigenvalue weighted by Gasteiger charge is -2.13. The van der Waals surface area contributed by atoms with Crippen LogP contribution < -0.4 is 11.0 Å². The number of rotatable bonds is 1. The van der Waals surface area contributed by atoms with Gasteiger partial charge in [0.1, 0.15) is 0 Å². The van der Waals surface area contributed by atoms with Crippen molar-refractivity contribution in [2.45, 2.75) is 0 Å². The van der Waals surface area contributed by atoms with Gasteiger partial charge in [0.05, 0.1) is 0 Å². The van der Waals surface area contributed by atoms with E-state index in [1.54, 1.807) is 0 Å². The van der Waals surface area contributed by atoms with Crippen molar-refractivity contribution in [1.82, 2.24) is 0 Å². The molecule has 0 aromatic heterocycles. The minimum absolute atomic E-state index is 0.586. The van der Waals surface area contributed by atoms with Crippen molar-refractivity contribution in [3.8, 4) is 0 Å². The predicted molar refractivity (Wildman–Crippen MR) is 92.9 cm³/mol. The zero-order valence-electron chi connectivity index (χ0n) is 11.7. The van der Waals surface area contributed by atoms with Gasteiger partial charge in [-0.25, -0.2) is 0 Å². The van der Waals surface area contributed by atoms with E-state index < -0.39 is 0 Å². The fraction of sp³-hybridized carbons (Fsp3) is 0. The zero-order chi connectivity index (χ0) is 14.6. The Hall–Kier alpha value is -2.80. The Bertz CT molecular complexity index is 1070. The molecule has 0 saturated heterocycles. The van der Waals surface area contributed by atoms with E-state index in [1.165, 1.54) is 26.9 Å². The number of benzene rings is 4. The molecule has 0 radical (unpaired) electrons. The van der Waals surface area contributed by atoms with E-state index in [2.05, 4.69) is 67.8 Å². The molecule has 4 aromatic rings. The highest BCUT2D eigenvalue weighted by molar-refractivity contribution is 6.22.